The number of benzene rings is 1. The minimum atomic E-state index is -0.990. The topological polar surface area (TPSA) is 92.2 Å². The molecule has 1 unspecified atom stereocenters. The first kappa shape index (κ1) is 21.7. The van der Waals surface area contributed by atoms with Crippen LogP contribution in [0.15, 0.2) is 40.7 Å². The lowest BCUT2D eigenvalue weighted by Gasteiger charge is -2.23. The maximum absolute atomic E-state index is 11.8. The van der Waals surface area contributed by atoms with Gasteiger partial charge in [0.1, 0.15) is 16.9 Å². The zero-order chi connectivity index (χ0) is 20.6. The van der Waals surface area contributed by atoms with Crippen LogP contribution in [0.3, 0.4) is 0 Å². The second-order valence-electron chi connectivity index (χ2n) is 6.33. The number of thiophene rings is 1. The predicted octanol–water partition coefficient (Wildman–Crippen LogP) is 2.51. The van der Waals surface area contributed by atoms with Crippen LogP contribution in [0, 0.1) is 0 Å². The highest BCUT2D eigenvalue weighted by Gasteiger charge is 2.24. The maximum Gasteiger partial charge on any atom is 0.341 e. The van der Waals surface area contributed by atoms with Crippen molar-refractivity contribution in [2.75, 3.05) is 27.3 Å². The minimum Gasteiger partial charge on any atom is -0.496 e. The molecule has 0 spiro atoms. The van der Waals surface area contributed by atoms with Gasteiger partial charge in [-0.2, -0.15) is 0 Å². The van der Waals surface area contributed by atoms with Crippen LogP contribution < -0.4 is 15.4 Å². The van der Waals surface area contributed by atoms with Crippen LogP contribution in [-0.4, -0.2) is 44.3 Å². The lowest BCUT2D eigenvalue weighted by Crippen LogP contribution is -2.44. The van der Waals surface area contributed by atoms with E-state index in [0.717, 1.165) is 10.4 Å². The first-order chi connectivity index (χ1) is 13.4. The molecule has 2 aromatic rings. The smallest absolute Gasteiger partial charge is 0.341 e. The summed E-state index contributed by atoms with van der Waals surface area (Å²) in [6, 6.07) is 9.06. The highest BCUT2D eigenvalue weighted by molar-refractivity contribution is 7.10. The molecule has 0 aliphatic rings. The van der Waals surface area contributed by atoms with E-state index in [4.69, 9.17) is 9.47 Å². The molecule has 0 aliphatic carbocycles. The lowest BCUT2D eigenvalue weighted by atomic mass is 10.1. The van der Waals surface area contributed by atoms with Gasteiger partial charge in [-0.25, -0.2) is 9.79 Å². The van der Waals surface area contributed by atoms with E-state index in [1.807, 2.05) is 30.5 Å². The average Bonchev–Trinajstić information content (AvgIpc) is 3.25. The fourth-order valence-electron chi connectivity index (χ4n) is 2.55. The largest absolute Gasteiger partial charge is 0.496 e. The standard InChI is InChI=1S/C20H27N3O4S/c1-5-21-19(23-13-20(2,25)17-7-6-10-28-17)22-12-14-8-9-15(18(24)27-4)16(11-14)26-3/h6-11,25H,5,12-13H2,1-4H3,(H2,21,22,23). The molecule has 1 aromatic heterocycles. The Hall–Kier alpha value is -2.58. The minimum absolute atomic E-state index is 0.323. The average molecular weight is 406 g/mol. The predicted molar refractivity (Wildman–Crippen MR) is 111 cm³/mol. The van der Waals surface area contributed by atoms with E-state index < -0.39 is 11.6 Å². The summed E-state index contributed by atoms with van der Waals surface area (Å²) in [5.74, 6) is 0.589. The number of aliphatic hydroxyl groups is 1. The van der Waals surface area contributed by atoms with Gasteiger partial charge >= 0.3 is 5.97 Å². The molecular weight excluding hydrogens is 378 g/mol. The number of aliphatic imine (C=N–C) groups is 1. The third-order valence-corrected chi connectivity index (χ3v) is 5.21. The van der Waals surface area contributed by atoms with Crippen LogP contribution >= 0.6 is 11.3 Å². The Morgan fingerprint density at radius 1 is 1.29 bits per heavy atom. The van der Waals surface area contributed by atoms with Crippen LogP contribution in [0.1, 0.15) is 34.6 Å². The van der Waals surface area contributed by atoms with Crippen molar-refractivity contribution in [2.45, 2.75) is 26.0 Å². The van der Waals surface area contributed by atoms with Crippen molar-refractivity contribution in [3.63, 3.8) is 0 Å². The Morgan fingerprint density at radius 3 is 2.68 bits per heavy atom. The molecule has 0 fully saturated rings. The quantitative estimate of drug-likeness (QED) is 0.355. The molecule has 0 aliphatic heterocycles. The normalized spacial score (nSPS) is 13.5. The van der Waals surface area contributed by atoms with Gasteiger partial charge in [0.2, 0.25) is 0 Å². The van der Waals surface area contributed by atoms with Crippen molar-refractivity contribution in [1.29, 1.82) is 0 Å². The number of carbonyl (C=O) groups is 1. The molecule has 0 saturated carbocycles. The number of esters is 1. The fourth-order valence-corrected chi connectivity index (χ4v) is 3.34. The summed E-state index contributed by atoms with van der Waals surface area (Å²) in [6.45, 7) is 5.14. The summed E-state index contributed by atoms with van der Waals surface area (Å²) in [7, 11) is 2.84. The third kappa shape index (κ3) is 5.71. The highest BCUT2D eigenvalue weighted by atomic mass is 32.1. The van der Waals surface area contributed by atoms with E-state index >= 15 is 0 Å². The zero-order valence-corrected chi connectivity index (χ0v) is 17.4. The van der Waals surface area contributed by atoms with E-state index in [9.17, 15) is 9.90 Å². The van der Waals surface area contributed by atoms with E-state index in [1.165, 1.54) is 25.6 Å². The van der Waals surface area contributed by atoms with Gasteiger partial charge in [0.25, 0.3) is 0 Å². The number of methoxy groups -OCH3 is 2. The fraction of sp³-hybridized carbons (Fsp3) is 0.400. The molecule has 0 amide bonds. The molecule has 2 rings (SSSR count). The Labute approximate surface area is 169 Å². The molecule has 8 heteroatoms. The van der Waals surface area contributed by atoms with Crippen LogP contribution in [-0.2, 0) is 16.9 Å². The van der Waals surface area contributed by atoms with E-state index in [2.05, 4.69) is 15.6 Å². The third-order valence-electron chi connectivity index (χ3n) is 4.09. The number of nitrogens with one attached hydrogen (secondary N) is 2. The summed E-state index contributed by atoms with van der Waals surface area (Å²) in [5.41, 5.74) is 0.261. The van der Waals surface area contributed by atoms with Crippen molar-refractivity contribution < 1.29 is 19.4 Å². The molecular formula is C20H27N3O4S. The number of nitrogens with zero attached hydrogens (tertiary/aromatic N) is 1. The molecule has 28 heavy (non-hydrogen) atoms. The van der Waals surface area contributed by atoms with Gasteiger partial charge in [-0.05, 0) is 43.0 Å². The molecule has 1 heterocycles. The number of carbonyl (C=O) groups excluding carboxylic acids is 1. The zero-order valence-electron chi connectivity index (χ0n) is 16.6. The Kier molecular flexibility index (Phi) is 7.83. The number of hydrogen-bond donors (Lipinski definition) is 3. The van der Waals surface area contributed by atoms with Crippen molar-refractivity contribution in [3.05, 3.63) is 51.7 Å². The van der Waals surface area contributed by atoms with Crippen LogP contribution in [0.4, 0.5) is 0 Å². The Morgan fingerprint density at radius 2 is 2.07 bits per heavy atom. The highest BCUT2D eigenvalue weighted by Crippen LogP contribution is 2.24. The second kappa shape index (κ2) is 10.1. The number of rotatable bonds is 8. The molecule has 0 radical (unpaired) electrons. The summed E-state index contributed by atoms with van der Waals surface area (Å²) >= 11 is 1.51. The van der Waals surface area contributed by atoms with Crippen LogP contribution in [0.25, 0.3) is 0 Å². The van der Waals surface area contributed by atoms with Crippen LogP contribution in [0.2, 0.25) is 0 Å². The number of guanidine groups is 1. The van der Waals surface area contributed by atoms with Gasteiger partial charge in [0, 0.05) is 11.4 Å². The van der Waals surface area contributed by atoms with E-state index in [-0.39, 0.29) is 0 Å². The molecule has 0 saturated heterocycles. The van der Waals surface area contributed by atoms with Gasteiger partial charge < -0.3 is 25.2 Å². The van der Waals surface area contributed by atoms with Gasteiger partial charge in [0.05, 0.1) is 27.3 Å². The molecule has 0 bridgehead atoms. The molecule has 1 aromatic carbocycles. The Bertz CT molecular complexity index is 804. The first-order valence-corrected chi connectivity index (χ1v) is 9.83. The van der Waals surface area contributed by atoms with Gasteiger partial charge in [-0.3, -0.25) is 0 Å². The van der Waals surface area contributed by atoms with Crippen LogP contribution in [0.5, 0.6) is 5.75 Å². The summed E-state index contributed by atoms with van der Waals surface area (Å²) < 4.78 is 10.0. The van der Waals surface area contributed by atoms with Crippen molar-refractivity contribution in [2.24, 2.45) is 4.99 Å². The number of ether oxygens (including phenoxy) is 2. The summed E-state index contributed by atoms with van der Waals surface area (Å²) in [6.07, 6.45) is 0. The monoisotopic (exact) mass is 405 g/mol. The van der Waals surface area contributed by atoms with Gasteiger partial charge in [0.15, 0.2) is 5.96 Å². The van der Waals surface area contributed by atoms with E-state index in [0.29, 0.717) is 36.9 Å². The number of hydrogen-bond acceptors (Lipinski definition) is 6. The van der Waals surface area contributed by atoms with E-state index in [1.54, 1.807) is 19.1 Å². The lowest BCUT2D eigenvalue weighted by molar-refractivity contribution is 0.0596. The molecule has 3 N–H and O–H groups in total. The molecule has 1 atom stereocenters. The summed E-state index contributed by atoms with van der Waals surface area (Å²) in [4.78, 5) is 17.2. The summed E-state index contributed by atoms with van der Waals surface area (Å²) in [5, 5.41) is 18.9. The van der Waals surface area contributed by atoms with Crippen molar-refractivity contribution in [3.8, 4) is 5.75 Å². The molecule has 152 valence electrons. The molecule has 7 nitrogen and oxygen atoms in total. The van der Waals surface area contributed by atoms with Crippen molar-refractivity contribution in [1.82, 2.24) is 10.6 Å². The first-order valence-electron chi connectivity index (χ1n) is 8.95. The SMILES string of the molecule is CCNC(=NCc1ccc(C(=O)OC)c(OC)c1)NCC(C)(O)c1cccs1. The maximum atomic E-state index is 11.8. The second-order valence-corrected chi connectivity index (χ2v) is 7.27. The van der Waals surface area contributed by atoms with Gasteiger partial charge in [-0.15, -0.1) is 11.3 Å². The van der Waals surface area contributed by atoms with Gasteiger partial charge in [-0.1, -0.05) is 12.1 Å². The van der Waals surface area contributed by atoms with Crippen molar-refractivity contribution >= 4 is 23.3 Å². The Balaban J connectivity index is 2.08.